The Bertz CT molecular complexity index is 908. The van der Waals surface area contributed by atoms with Gasteiger partial charge in [0.1, 0.15) is 0 Å². The number of halogens is 1. The molecule has 2 aromatic carbocycles. The molecule has 5 nitrogen and oxygen atoms in total. The quantitative estimate of drug-likeness (QED) is 0.566. The minimum atomic E-state index is -0.0719. The summed E-state index contributed by atoms with van der Waals surface area (Å²) in [5, 5.41) is 3.84. The van der Waals surface area contributed by atoms with Gasteiger partial charge >= 0.3 is 0 Å². The molecule has 1 heterocycles. The number of benzene rings is 2. The van der Waals surface area contributed by atoms with E-state index in [0.717, 1.165) is 42.9 Å². The van der Waals surface area contributed by atoms with Crippen molar-refractivity contribution in [1.29, 1.82) is 0 Å². The van der Waals surface area contributed by atoms with Gasteiger partial charge in [0.2, 0.25) is 0 Å². The zero-order valence-corrected chi connectivity index (χ0v) is 20.4. The number of nitrogens with zero attached hydrogens (tertiary/aromatic N) is 1. The number of carbonyl (C=O) groups is 1. The maximum Gasteiger partial charge on any atom is 0.251 e. The van der Waals surface area contributed by atoms with Crippen LogP contribution in [0.25, 0.3) is 0 Å². The van der Waals surface area contributed by atoms with Gasteiger partial charge in [0.25, 0.3) is 5.91 Å². The number of amides is 1. The van der Waals surface area contributed by atoms with Gasteiger partial charge < -0.3 is 19.7 Å². The lowest BCUT2D eigenvalue weighted by Crippen LogP contribution is -2.41. The maximum atomic E-state index is 12.8. The number of aryl methyl sites for hydroxylation is 1. The van der Waals surface area contributed by atoms with Gasteiger partial charge in [0.05, 0.1) is 13.7 Å². The number of carbonyl (C=O) groups excluding carboxylic acids is 1. The molecule has 1 saturated heterocycles. The maximum absolute atomic E-state index is 12.8. The summed E-state index contributed by atoms with van der Waals surface area (Å²) < 4.78 is 11.4. The number of hydrogen-bond acceptors (Lipinski definition) is 4. The third kappa shape index (κ3) is 6.63. The second kappa shape index (κ2) is 11.6. The molecule has 2 aromatic rings. The molecule has 1 N–H and O–H groups in total. The molecule has 0 atom stereocenters. The van der Waals surface area contributed by atoms with Crippen molar-refractivity contribution in [1.82, 2.24) is 10.2 Å². The fourth-order valence-corrected chi connectivity index (χ4v) is 4.38. The molecule has 1 fully saturated rings. The second-order valence-corrected chi connectivity index (χ2v) is 9.25. The molecule has 0 radical (unpaired) electrons. The molecule has 3 rings (SSSR count). The first-order chi connectivity index (χ1) is 15.4. The minimum Gasteiger partial charge on any atom is -0.493 e. The first kappa shape index (κ1) is 24.4. The van der Waals surface area contributed by atoms with Gasteiger partial charge in [-0.25, -0.2) is 0 Å². The van der Waals surface area contributed by atoms with Crippen molar-refractivity contribution in [3.63, 3.8) is 0 Å². The Kier molecular flexibility index (Phi) is 8.83. The van der Waals surface area contributed by atoms with Gasteiger partial charge in [0.15, 0.2) is 11.5 Å². The van der Waals surface area contributed by atoms with E-state index < -0.39 is 0 Å². The Balaban J connectivity index is 1.54. The second-order valence-electron chi connectivity index (χ2n) is 8.82. The Morgan fingerprint density at radius 1 is 1.16 bits per heavy atom. The number of rotatable bonds is 9. The molecule has 6 heteroatoms. The standard InChI is InChI=1S/C26H35ClN2O3/c1-18(2)29-12-9-20(10-13-29)17-28-26(30)22-6-8-24(31-4)25(16-22)32-14-11-21-5-7-23(27)15-19(21)3/h5-8,15-16,18,20H,9-14,17H2,1-4H3,(H,28,30). The van der Waals surface area contributed by atoms with Crippen LogP contribution in [0.2, 0.25) is 5.02 Å². The van der Waals surface area contributed by atoms with Crippen LogP contribution in [-0.2, 0) is 6.42 Å². The molecule has 0 aromatic heterocycles. The highest BCUT2D eigenvalue weighted by molar-refractivity contribution is 6.30. The molecular formula is C26H35ClN2O3. The van der Waals surface area contributed by atoms with Crippen molar-refractivity contribution in [3.8, 4) is 11.5 Å². The summed E-state index contributed by atoms with van der Waals surface area (Å²) in [5.74, 6) is 1.66. The highest BCUT2D eigenvalue weighted by atomic mass is 35.5. The predicted octanol–water partition coefficient (Wildman–Crippen LogP) is 5.13. The average molecular weight is 459 g/mol. The van der Waals surface area contributed by atoms with E-state index in [1.165, 1.54) is 5.56 Å². The molecule has 1 amide bonds. The van der Waals surface area contributed by atoms with E-state index in [9.17, 15) is 4.79 Å². The predicted molar refractivity (Wildman–Crippen MR) is 130 cm³/mol. The third-order valence-corrected chi connectivity index (χ3v) is 6.53. The van der Waals surface area contributed by atoms with Crippen molar-refractivity contribution in [2.45, 2.75) is 46.1 Å². The molecule has 1 aliphatic rings. The van der Waals surface area contributed by atoms with E-state index >= 15 is 0 Å². The largest absolute Gasteiger partial charge is 0.493 e. The summed E-state index contributed by atoms with van der Waals surface area (Å²) >= 11 is 6.04. The van der Waals surface area contributed by atoms with E-state index in [-0.39, 0.29) is 5.91 Å². The van der Waals surface area contributed by atoms with Crippen LogP contribution in [0.3, 0.4) is 0 Å². The molecule has 0 aliphatic carbocycles. The Hall–Kier alpha value is -2.24. The van der Waals surface area contributed by atoms with Crippen molar-refractivity contribution in [3.05, 3.63) is 58.1 Å². The number of nitrogens with one attached hydrogen (secondary N) is 1. The van der Waals surface area contributed by atoms with Crippen molar-refractivity contribution in [2.75, 3.05) is 33.4 Å². The summed E-state index contributed by atoms with van der Waals surface area (Å²) in [7, 11) is 1.61. The summed E-state index contributed by atoms with van der Waals surface area (Å²) in [4.78, 5) is 15.3. The number of hydrogen-bond donors (Lipinski definition) is 1. The number of piperidine rings is 1. The fraction of sp³-hybridized carbons (Fsp3) is 0.500. The Morgan fingerprint density at radius 3 is 2.56 bits per heavy atom. The van der Waals surface area contributed by atoms with E-state index in [1.807, 2.05) is 25.1 Å². The van der Waals surface area contributed by atoms with Crippen molar-refractivity contribution in [2.24, 2.45) is 5.92 Å². The first-order valence-corrected chi connectivity index (χ1v) is 11.8. The minimum absolute atomic E-state index is 0.0719. The summed E-state index contributed by atoms with van der Waals surface area (Å²) in [6.45, 7) is 9.92. The normalized spacial score (nSPS) is 15.1. The van der Waals surface area contributed by atoms with Gasteiger partial charge in [0, 0.05) is 29.6 Å². The molecule has 32 heavy (non-hydrogen) atoms. The third-order valence-electron chi connectivity index (χ3n) is 6.29. The lowest BCUT2D eigenvalue weighted by atomic mass is 9.96. The monoisotopic (exact) mass is 458 g/mol. The number of likely N-dealkylation sites (tertiary alicyclic amines) is 1. The fourth-order valence-electron chi connectivity index (χ4n) is 4.15. The first-order valence-electron chi connectivity index (χ1n) is 11.5. The molecule has 0 saturated carbocycles. The van der Waals surface area contributed by atoms with Crippen LogP contribution in [-0.4, -0.2) is 50.2 Å². The van der Waals surface area contributed by atoms with Crippen LogP contribution >= 0.6 is 11.6 Å². The van der Waals surface area contributed by atoms with Crippen molar-refractivity contribution >= 4 is 17.5 Å². The van der Waals surface area contributed by atoms with Crippen molar-refractivity contribution < 1.29 is 14.3 Å². The number of methoxy groups -OCH3 is 1. The van der Waals surface area contributed by atoms with Gasteiger partial charge in [-0.3, -0.25) is 4.79 Å². The molecule has 0 spiro atoms. The zero-order valence-electron chi connectivity index (χ0n) is 19.6. The van der Waals surface area contributed by atoms with Gasteiger partial charge in [-0.05, 0) is 94.1 Å². The molecule has 0 bridgehead atoms. The highest BCUT2D eigenvalue weighted by Gasteiger charge is 2.21. The summed E-state index contributed by atoms with van der Waals surface area (Å²) in [5.41, 5.74) is 2.91. The Morgan fingerprint density at radius 2 is 1.91 bits per heavy atom. The van der Waals surface area contributed by atoms with E-state index in [4.69, 9.17) is 21.1 Å². The smallest absolute Gasteiger partial charge is 0.251 e. The van der Waals surface area contributed by atoms with E-state index in [0.29, 0.717) is 42.2 Å². The van der Waals surface area contributed by atoms with Gasteiger partial charge in [-0.2, -0.15) is 0 Å². The topological polar surface area (TPSA) is 50.8 Å². The molecule has 174 valence electrons. The number of ether oxygens (including phenoxy) is 2. The van der Waals surface area contributed by atoms with Crippen LogP contribution in [0.4, 0.5) is 0 Å². The van der Waals surface area contributed by atoms with Gasteiger partial charge in [-0.1, -0.05) is 17.7 Å². The van der Waals surface area contributed by atoms with Crippen LogP contribution in [0.15, 0.2) is 36.4 Å². The Labute approximate surface area is 197 Å². The summed E-state index contributed by atoms with van der Waals surface area (Å²) in [6, 6.07) is 11.8. The van der Waals surface area contributed by atoms with Gasteiger partial charge in [-0.15, -0.1) is 0 Å². The van der Waals surface area contributed by atoms with Crippen LogP contribution in [0.5, 0.6) is 11.5 Å². The lowest BCUT2D eigenvalue weighted by molar-refractivity contribution is 0.0929. The lowest BCUT2D eigenvalue weighted by Gasteiger charge is -2.34. The molecule has 1 aliphatic heterocycles. The van der Waals surface area contributed by atoms with Crippen LogP contribution in [0.1, 0.15) is 48.2 Å². The SMILES string of the molecule is COc1ccc(C(=O)NCC2CCN(C(C)C)CC2)cc1OCCc1ccc(Cl)cc1C. The van der Waals surface area contributed by atoms with Crippen LogP contribution < -0.4 is 14.8 Å². The summed E-state index contributed by atoms with van der Waals surface area (Å²) in [6.07, 6.45) is 3.00. The van der Waals surface area contributed by atoms with E-state index in [1.54, 1.807) is 25.3 Å². The van der Waals surface area contributed by atoms with E-state index in [2.05, 4.69) is 24.1 Å². The molecule has 0 unspecified atom stereocenters. The zero-order chi connectivity index (χ0) is 23.1. The highest BCUT2D eigenvalue weighted by Crippen LogP contribution is 2.28. The average Bonchev–Trinajstić information content (AvgIpc) is 2.79. The van der Waals surface area contributed by atoms with Crippen LogP contribution in [0, 0.1) is 12.8 Å². The molecular weight excluding hydrogens is 424 g/mol.